The molecule has 1 aromatic rings. The van der Waals surface area contributed by atoms with E-state index in [4.69, 9.17) is 0 Å². The normalized spacial score (nSPS) is 7.69. The number of carbonyl (C=O) groups excluding carboxylic acids is 1. The molecule has 1 rings (SSSR count). The third-order valence-corrected chi connectivity index (χ3v) is 1.16. The van der Waals surface area contributed by atoms with Crippen LogP contribution in [0.3, 0.4) is 0 Å². The summed E-state index contributed by atoms with van der Waals surface area (Å²) in [5.41, 5.74) is 0.947. The Kier molecular flexibility index (Phi) is 12.3. The van der Waals surface area contributed by atoms with Crippen molar-refractivity contribution in [2.75, 3.05) is 0 Å². The van der Waals surface area contributed by atoms with Crippen molar-refractivity contribution in [2.24, 2.45) is 0 Å². The summed E-state index contributed by atoms with van der Waals surface area (Å²) in [5, 5.41) is 0. The summed E-state index contributed by atoms with van der Waals surface area (Å²) in [4.78, 5) is 17.9. The number of benzene rings is 1. The van der Waals surface area contributed by atoms with Gasteiger partial charge >= 0.3 is 22.4 Å². The Morgan fingerprint density at radius 1 is 1.23 bits per heavy atom. The van der Waals surface area contributed by atoms with Crippen molar-refractivity contribution in [3.8, 4) is 0 Å². The predicted molar refractivity (Wildman–Crippen MR) is 38.0 cm³/mol. The molecule has 0 heterocycles. The first kappa shape index (κ1) is 15.6. The summed E-state index contributed by atoms with van der Waals surface area (Å²) >= 11 is 0. The topological polar surface area (TPSA) is 35.5 Å². The van der Waals surface area contributed by atoms with Gasteiger partial charge in [-0.3, -0.25) is 0 Å². The van der Waals surface area contributed by atoms with E-state index >= 15 is 0 Å². The van der Waals surface area contributed by atoms with Crippen molar-refractivity contribution < 1.29 is 59.3 Å². The number of hydrogen-bond acceptors (Lipinski definition) is 3. The fraction of sp³-hybridized carbons (Fsp3) is 0.125. The van der Waals surface area contributed by atoms with Gasteiger partial charge in [0.2, 0.25) is 0 Å². The molecule has 3 nitrogen and oxygen atoms in total. The van der Waals surface area contributed by atoms with Crippen molar-refractivity contribution in [2.45, 2.75) is 6.61 Å². The van der Waals surface area contributed by atoms with E-state index in [0.717, 1.165) is 5.56 Å². The van der Waals surface area contributed by atoms with Gasteiger partial charge in [0.15, 0.2) is 0 Å². The third kappa shape index (κ3) is 7.22. The van der Waals surface area contributed by atoms with Crippen LogP contribution >= 0.6 is 0 Å². The quantitative estimate of drug-likeness (QED) is 0.264. The maximum absolute atomic E-state index is 9.52. The summed E-state index contributed by atoms with van der Waals surface area (Å²) < 4.78 is 0. The van der Waals surface area contributed by atoms with Crippen LogP contribution in [0.4, 0.5) is 0 Å². The second kappa shape index (κ2) is 10.2. The van der Waals surface area contributed by atoms with E-state index in [1.807, 2.05) is 30.3 Å². The molecule has 0 unspecified atom stereocenters. The first-order valence-corrected chi connectivity index (χ1v) is 3.13. The van der Waals surface area contributed by atoms with Crippen LogP contribution in [0.5, 0.6) is 0 Å². The van der Waals surface area contributed by atoms with Crippen LogP contribution in [0.1, 0.15) is 5.56 Å². The first-order valence-electron chi connectivity index (χ1n) is 3.13. The SMILES string of the molecule is O=[C-]OOCc1ccccc1.[Ag+].[Ag]. The molecule has 0 N–H and O–H groups in total. The molecule has 0 bridgehead atoms. The maximum Gasteiger partial charge on any atom is 1.00 e. The summed E-state index contributed by atoms with van der Waals surface area (Å²) in [6.07, 6.45) is 0. The van der Waals surface area contributed by atoms with E-state index in [-0.39, 0.29) is 51.4 Å². The Hall–Kier alpha value is 0.131. The van der Waals surface area contributed by atoms with E-state index in [2.05, 4.69) is 9.78 Å². The van der Waals surface area contributed by atoms with Gasteiger partial charge in [-0.1, -0.05) is 30.3 Å². The molecule has 0 aliphatic heterocycles. The fourth-order valence-electron chi connectivity index (χ4n) is 0.696. The molecule has 13 heavy (non-hydrogen) atoms. The summed E-state index contributed by atoms with van der Waals surface area (Å²) in [6, 6.07) is 9.39. The van der Waals surface area contributed by atoms with E-state index < -0.39 is 0 Å². The summed E-state index contributed by atoms with van der Waals surface area (Å²) in [7, 11) is 0. The Morgan fingerprint density at radius 3 is 2.38 bits per heavy atom. The molecule has 0 aliphatic carbocycles. The molecule has 0 amide bonds. The largest absolute Gasteiger partial charge is 1.00 e. The zero-order chi connectivity index (χ0) is 7.94. The van der Waals surface area contributed by atoms with Gasteiger partial charge in [0.1, 0.15) is 6.61 Å². The molecule has 0 atom stereocenters. The van der Waals surface area contributed by atoms with Crippen LogP contribution in [0, 0.1) is 0 Å². The van der Waals surface area contributed by atoms with Crippen molar-refractivity contribution >= 4 is 6.47 Å². The molecular weight excluding hydrogens is 360 g/mol. The van der Waals surface area contributed by atoms with Gasteiger partial charge in [0.05, 0.1) is 0 Å². The zero-order valence-electron chi connectivity index (χ0n) is 6.42. The number of rotatable bonds is 4. The number of hydrogen-bond donors (Lipinski definition) is 0. The van der Waals surface area contributed by atoms with Gasteiger partial charge in [0, 0.05) is 22.4 Å². The van der Waals surface area contributed by atoms with E-state index in [9.17, 15) is 4.79 Å². The van der Waals surface area contributed by atoms with Gasteiger partial charge in [-0.25, -0.2) is 4.89 Å². The average molecular weight is 367 g/mol. The van der Waals surface area contributed by atoms with Crippen LogP contribution in [0.25, 0.3) is 0 Å². The van der Waals surface area contributed by atoms with E-state index in [1.165, 1.54) is 6.47 Å². The first-order chi connectivity index (χ1) is 5.43. The van der Waals surface area contributed by atoms with Crippen molar-refractivity contribution in [3.05, 3.63) is 35.9 Å². The molecule has 0 aliphatic rings. The molecule has 5 heteroatoms. The summed E-state index contributed by atoms with van der Waals surface area (Å²) in [6.45, 7) is 1.43. The smallest absolute Gasteiger partial charge is 0.507 e. The van der Waals surface area contributed by atoms with Gasteiger partial charge in [-0.2, -0.15) is 0 Å². The second-order valence-electron chi connectivity index (χ2n) is 1.91. The third-order valence-electron chi connectivity index (χ3n) is 1.16. The molecule has 0 saturated carbocycles. The molecule has 0 spiro atoms. The van der Waals surface area contributed by atoms with Crippen LogP contribution in [-0.4, -0.2) is 6.47 Å². The predicted octanol–water partition coefficient (Wildman–Crippen LogP) is 1.20. The van der Waals surface area contributed by atoms with Crippen molar-refractivity contribution in [1.82, 2.24) is 0 Å². The fourth-order valence-corrected chi connectivity index (χ4v) is 0.696. The maximum atomic E-state index is 9.52. The average Bonchev–Trinajstić information content (AvgIpc) is 2.07. The van der Waals surface area contributed by atoms with Crippen molar-refractivity contribution in [1.29, 1.82) is 0 Å². The van der Waals surface area contributed by atoms with Crippen molar-refractivity contribution in [3.63, 3.8) is 0 Å². The Bertz CT molecular complexity index is 216. The second-order valence-corrected chi connectivity index (χ2v) is 1.91. The Balaban J connectivity index is 0. The Morgan fingerprint density at radius 2 is 1.85 bits per heavy atom. The van der Waals surface area contributed by atoms with Gasteiger partial charge < -0.3 is 9.68 Å². The van der Waals surface area contributed by atoms with Crippen LogP contribution in [0.15, 0.2) is 30.3 Å². The molecule has 0 saturated heterocycles. The standard InChI is InChI=1S/C8H7O3.2Ag/c9-7-11-10-6-8-4-2-1-3-5-8;;/h1-5H,6H2;;/q-1;;+1. The Labute approximate surface area is 108 Å². The van der Waals surface area contributed by atoms with Crippen LogP contribution < -0.4 is 0 Å². The molecule has 0 fully saturated rings. The summed E-state index contributed by atoms with van der Waals surface area (Å²) in [5.74, 6) is 0. The van der Waals surface area contributed by atoms with Gasteiger partial charge in [-0.05, 0) is 12.0 Å². The minimum Gasteiger partial charge on any atom is -0.507 e. The molecule has 1 radical (unpaired) electrons. The molecule has 79 valence electrons. The molecule has 0 aromatic heterocycles. The van der Waals surface area contributed by atoms with E-state index in [1.54, 1.807) is 0 Å². The molecule has 1 aromatic carbocycles. The minimum absolute atomic E-state index is 0. The van der Waals surface area contributed by atoms with E-state index in [0.29, 0.717) is 0 Å². The molecular formula is C8H7Ag2O3. The van der Waals surface area contributed by atoms with Gasteiger partial charge in [0.25, 0.3) is 0 Å². The monoisotopic (exact) mass is 365 g/mol. The zero-order valence-corrected chi connectivity index (χ0v) is 9.39. The van der Waals surface area contributed by atoms with Gasteiger partial charge in [-0.15, -0.1) is 0 Å². The van der Waals surface area contributed by atoms with Crippen LogP contribution in [-0.2, 0) is 65.9 Å². The minimum atomic E-state index is 0. The van der Waals surface area contributed by atoms with Crippen LogP contribution in [0.2, 0.25) is 0 Å².